The topological polar surface area (TPSA) is 61.8 Å². The molecule has 0 bridgehead atoms. The SMILES string of the molecule is CN(c1ccc(C(N)=NO)c(Cl)c1)C1CCCCCC1. The first-order valence-corrected chi connectivity index (χ1v) is 7.51. The Balaban J connectivity index is 2.17. The van der Waals surface area contributed by atoms with E-state index in [9.17, 15) is 0 Å². The molecule has 1 aliphatic rings. The summed E-state index contributed by atoms with van der Waals surface area (Å²) < 4.78 is 0. The lowest BCUT2D eigenvalue weighted by molar-refractivity contribution is 0.318. The van der Waals surface area contributed by atoms with Gasteiger partial charge in [0, 0.05) is 24.3 Å². The van der Waals surface area contributed by atoms with Gasteiger partial charge in [-0.3, -0.25) is 0 Å². The molecule has 4 nitrogen and oxygen atoms in total. The quantitative estimate of drug-likeness (QED) is 0.294. The second kappa shape index (κ2) is 6.84. The monoisotopic (exact) mass is 295 g/mol. The number of oxime groups is 1. The number of halogens is 1. The molecule has 0 aromatic heterocycles. The smallest absolute Gasteiger partial charge is 0.171 e. The highest BCUT2D eigenvalue weighted by atomic mass is 35.5. The zero-order valence-electron chi connectivity index (χ0n) is 11.8. The van der Waals surface area contributed by atoms with Crippen LogP contribution in [0, 0.1) is 0 Å². The lowest BCUT2D eigenvalue weighted by Crippen LogP contribution is -2.31. The number of nitrogens with zero attached hydrogens (tertiary/aromatic N) is 2. The maximum atomic E-state index is 8.72. The van der Waals surface area contributed by atoms with Gasteiger partial charge in [-0.15, -0.1) is 0 Å². The van der Waals surface area contributed by atoms with Gasteiger partial charge in [-0.1, -0.05) is 42.4 Å². The number of anilines is 1. The molecule has 1 aromatic carbocycles. The van der Waals surface area contributed by atoms with E-state index in [0.29, 0.717) is 16.6 Å². The van der Waals surface area contributed by atoms with Crippen molar-refractivity contribution >= 4 is 23.1 Å². The summed E-state index contributed by atoms with van der Waals surface area (Å²) >= 11 is 6.22. The minimum absolute atomic E-state index is 0.0404. The van der Waals surface area contributed by atoms with Gasteiger partial charge in [-0.05, 0) is 31.0 Å². The second-order valence-electron chi connectivity index (χ2n) is 5.41. The third kappa shape index (κ3) is 3.37. The molecule has 3 N–H and O–H groups in total. The van der Waals surface area contributed by atoms with Gasteiger partial charge in [-0.25, -0.2) is 0 Å². The van der Waals surface area contributed by atoms with Crippen molar-refractivity contribution in [2.24, 2.45) is 10.9 Å². The molecule has 20 heavy (non-hydrogen) atoms. The largest absolute Gasteiger partial charge is 0.409 e. The molecule has 0 heterocycles. The first kappa shape index (κ1) is 15.0. The van der Waals surface area contributed by atoms with Crippen molar-refractivity contribution in [3.05, 3.63) is 28.8 Å². The van der Waals surface area contributed by atoms with Crippen molar-refractivity contribution in [2.45, 2.75) is 44.6 Å². The normalized spacial score (nSPS) is 17.8. The third-order valence-corrected chi connectivity index (χ3v) is 4.43. The lowest BCUT2D eigenvalue weighted by Gasteiger charge is -2.29. The summed E-state index contributed by atoms with van der Waals surface area (Å²) in [6.45, 7) is 0. The Morgan fingerprint density at radius 3 is 2.50 bits per heavy atom. The van der Waals surface area contributed by atoms with Gasteiger partial charge in [0.2, 0.25) is 0 Å². The highest BCUT2D eigenvalue weighted by Crippen LogP contribution is 2.28. The van der Waals surface area contributed by atoms with Crippen LogP contribution in [0.25, 0.3) is 0 Å². The van der Waals surface area contributed by atoms with Crippen LogP contribution in [0.5, 0.6) is 0 Å². The molecule has 1 aromatic rings. The Morgan fingerprint density at radius 2 is 1.95 bits per heavy atom. The van der Waals surface area contributed by atoms with Crippen LogP contribution in [0.15, 0.2) is 23.4 Å². The molecule has 0 atom stereocenters. The fourth-order valence-electron chi connectivity index (χ4n) is 2.84. The van der Waals surface area contributed by atoms with Crippen molar-refractivity contribution in [1.82, 2.24) is 0 Å². The van der Waals surface area contributed by atoms with E-state index in [-0.39, 0.29) is 5.84 Å². The molecule has 0 amide bonds. The molecular weight excluding hydrogens is 274 g/mol. The van der Waals surface area contributed by atoms with Crippen molar-refractivity contribution in [3.8, 4) is 0 Å². The summed E-state index contributed by atoms with van der Waals surface area (Å²) in [6.07, 6.45) is 7.74. The van der Waals surface area contributed by atoms with Gasteiger partial charge < -0.3 is 15.8 Å². The van der Waals surface area contributed by atoms with Gasteiger partial charge in [0.1, 0.15) is 0 Å². The summed E-state index contributed by atoms with van der Waals surface area (Å²) in [6, 6.07) is 6.24. The predicted octanol–water partition coefficient (Wildman–Crippen LogP) is 3.59. The molecule has 1 saturated carbocycles. The highest BCUT2D eigenvalue weighted by Gasteiger charge is 2.18. The average molecular weight is 296 g/mol. The molecular formula is C15H22ClN3O. The van der Waals surface area contributed by atoms with Gasteiger partial charge in [0.15, 0.2) is 5.84 Å². The standard InChI is InChI=1S/C15H22ClN3O/c1-19(11-6-4-2-3-5-7-11)12-8-9-13(14(16)10-12)15(17)18-20/h8-11,20H,2-7H2,1H3,(H2,17,18). The average Bonchev–Trinajstić information content (AvgIpc) is 2.74. The van der Waals surface area contributed by atoms with Crippen molar-refractivity contribution in [2.75, 3.05) is 11.9 Å². The van der Waals surface area contributed by atoms with Gasteiger partial charge in [-0.2, -0.15) is 0 Å². The first-order valence-electron chi connectivity index (χ1n) is 7.13. The van der Waals surface area contributed by atoms with Gasteiger partial charge in [0.25, 0.3) is 0 Å². The first-order chi connectivity index (χ1) is 9.63. The van der Waals surface area contributed by atoms with Crippen molar-refractivity contribution < 1.29 is 5.21 Å². The Bertz CT molecular complexity index is 482. The third-order valence-electron chi connectivity index (χ3n) is 4.12. The zero-order chi connectivity index (χ0) is 14.5. The van der Waals surface area contributed by atoms with Crippen LogP contribution >= 0.6 is 11.6 Å². The molecule has 2 rings (SSSR count). The molecule has 5 heteroatoms. The Hall–Kier alpha value is -1.42. The summed E-state index contributed by atoms with van der Waals surface area (Å²) in [7, 11) is 2.12. The summed E-state index contributed by atoms with van der Waals surface area (Å²) in [4.78, 5) is 2.30. The van der Waals surface area contributed by atoms with E-state index in [1.54, 1.807) is 6.07 Å². The predicted molar refractivity (Wildman–Crippen MR) is 83.9 cm³/mol. The molecule has 110 valence electrons. The van der Waals surface area contributed by atoms with Crippen LogP contribution in [-0.4, -0.2) is 24.1 Å². The maximum absolute atomic E-state index is 8.72. The Labute approximate surface area is 125 Å². The number of rotatable bonds is 3. The van der Waals surface area contributed by atoms with E-state index in [4.69, 9.17) is 22.5 Å². The van der Waals surface area contributed by atoms with Crippen LogP contribution in [-0.2, 0) is 0 Å². The fraction of sp³-hybridized carbons (Fsp3) is 0.533. The number of nitrogens with two attached hydrogens (primary N) is 1. The molecule has 0 saturated heterocycles. The van der Waals surface area contributed by atoms with Crippen molar-refractivity contribution in [3.63, 3.8) is 0 Å². The van der Waals surface area contributed by atoms with Crippen LogP contribution < -0.4 is 10.6 Å². The van der Waals surface area contributed by atoms with Crippen LogP contribution in [0.3, 0.4) is 0 Å². The van der Waals surface area contributed by atoms with E-state index in [1.807, 2.05) is 12.1 Å². The Morgan fingerprint density at radius 1 is 1.30 bits per heavy atom. The Kier molecular flexibility index (Phi) is 5.12. The number of amidine groups is 1. The molecule has 0 radical (unpaired) electrons. The highest BCUT2D eigenvalue weighted by molar-refractivity contribution is 6.34. The fourth-order valence-corrected chi connectivity index (χ4v) is 3.11. The van der Waals surface area contributed by atoms with E-state index in [2.05, 4.69) is 17.1 Å². The van der Waals surface area contributed by atoms with Crippen LogP contribution in [0.2, 0.25) is 5.02 Å². The van der Waals surface area contributed by atoms with E-state index in [0.717, 1.165) is 5.69 Å². The van der Waals surface area contributed by atoms with Gasteiger partial charge in [0.05, 0.1) is 5.02 Å². The minimum atomic E-state index is 0.0404. The molecule has 0 spiro atoms. The molecule has 1 fully saturated rings. The summed E-state index contributed by atoms with van der Waals surface area (Å²) in [5, 5.41) is 12.2. The summed E-state index contributed by atoms with van der Waals surface area (Å²) in [5.41, 5.74) is 7.23. The second-order valence-corrected chi connectivity index (χ2v) is 5.81. The van der Waals surface area contributed by atoms with E-state index in [1.165, 1.54) is 38.5 Å². The van der Waals surface area contributed by atoms with Crippen LogP contribution in [0.1, 0.15) is 44.1 Å². The van der Waals surface area contributed by atoms with Crippen molar-refractivity contribution in [1.29, 1.82) is 0 Å². The number of benzene rings is 1. The molecule has 1 aliphatic carbocycles. The lowest BCUT2D eigenvalue weighted by atomic mass is 10.1. The zero-order valence-corrected chi connectivity index (χ0v) is 12.6. The van der Waals surface area contributed by atoms with Crippen LogP contribution in [0.4, 0.5) is 5.69 Å². The summed E-state index contributed by atoms with van der Waals surface area (Å²) in [5.74, 6) is 0.0404. The van der Waals surface area contributed by atoms with E-state index < -0.39 is 0 Å². The number of hydrogen-bond donors (Lipinski definition) is 2. The van der Waals surface area contributed by atoms with E-state index >= 15 is 0 Å². The molecule has 0 aliphatic heterocycles. The molecule has 0 unspecified atom stereocenters. The minimum Gasteiger partial charge on any atom is -0.409 e. The number of hydrogen-bond acceptors (Lipinski definition) is 3. The maximum Gasteiger partial charge on any atom is 0.171 e. The van der Waals surface area contributed by atoms with Gasteiger partial charge >= 0.3 is 0 Å².